The summed E-state index contributed by atoms with van der Waals surface area (Å²) in [7, 11) is 0. The number of aromatic nitrogens is 2. The van der Waals surface area contributed by atoms with Crippen molar-refractivity contribution in [2.24, 2.45) is 0 Å². The van der Waals surface area contributed by atoms with Gasteiger partial charge in [0.15, 0.2) is 0 Å². The van der Waals surface area contributed by atoms with Gasteiger partial charge in [0.05, 0.1) is 5.69 Å². The molecule has 5 nitrogen and oxygen atoms in total. The number of nitrogens with one attached hydrogen (secondary N) is 1. The van der Waals surface area contributed by atoms with Crippen molar-refractivity contribution in [2.75, 3.05) is 23.7 Å². The summed E-state index contributed by atoms with van der Waals surface area (Å²) in [5.41, 5.74) is 11.2. The van der Waals surface area contributed by atoms with Gasteiger partial charge in [-0.25, -0.2) is 4.98 Å². The number of benzene rings is 1. The highest BCUT2D eigenvalue weighted by Gasteiger charge is 2.39. The molecule has 0 radical (unpaired) electrons. The standard InChI is InChI=1S/C20H25N5/c21-20-23-18-16-8-5-4-7-13(16)6-2-1-3-9-17(18)19(24-20)25-12-14-10-15(25)11-22-14/h4-5,7-8,14-15,22H,1-3,6,9-12H2,(H2,21,23,24)/t14-,15-/m0/s1. The van der Waals surface area contributed by atoms with E-state index in [-0.39, 0.29) is 0 Å². The third-order valence-electron chi connectivity index (χ3n) is 5.98. The van der Waals surface area contributed by atoms with E-state index in [1.54, 1.807) is 0 Å². The van der Waals surface area contributed by atoms with E-state index in [2.05, 4.69) is 34.5 Å². The maximum absolute atomic E-state index is 6.17. The third kappa shape index (κ3) is 2.58. The molecule has 130 valence electrons. The highest BCUT2D eigenvalue weighted by atomic mass is 15.3. The van der Waals surface area contributed by atoms with Crippen molar-refractivity contribution >= 4 is 11.8 Å². The van der Waals surface area contributed by atoms with Gasteiger partial charge in [0.2, 0.25) is 5.95 Å². The van der Waals surface area contributed by atoms with Crippen LogP contribution in [0.1, 0.15) is 36.8 Å². The van der Waals surface area contributed by atoms with Crippen LogP contribution in [-0.2, 0) is 12.8 Å². The largest absolute Gasteiger partial charge is 0.368 e. The van der Waals surface area contributed by atoms with Gasteiger partial charge in [-0.05, 0) is 37.7 Å². The number of nitrogens with two attached hydrogens (primary N) is 1. The molecule has 2 fully saturated rings. The molecule has 5 heteroatoms. The van der Waals surface area contributed by atoms with E-state index >= 15 is 0 Å². The Bertz CT molecular complexity index is 803. The molecule has 2 bridgehead atoms. The first-order chi connectivity index (χ1) is 12.3. The number of nitrogens with zero attached hydrogens (tertiary/aromatic N) is 3. The maximum atomic E-state index is 6.17. The van der Waals surface area contributed by atoms with Crippen molar-refractivity contribution < 1.29 is 0 Å². The molecule has 25 heavy (non-hydrogen) atoms. The average Bonchev–Trinajstić information content (AvgIpc) is 3.26. The fraction of sp³-hybridized carbons (Fsp3) is 0.500. The molecule has 3 N–H and O–H groups in total. The summed E-state index contributed by atoms with van der Waals surface area (Å²) in [6.45, 7) is 2.09. The first-order valence-electron chi connectivity index (χ1n) is 9.54. The van der Waals surface area contributed by atoms with Gasteiger partial charge < -0.3 is 16.0 Å². The zero-order valence-corrected chi connectivity index (χ0v) is 14.5. The maximum Gasteiger partial charge on any atom is 0.222 e. The van der Waals surface area contributed by atoms with Crippen molar-refractivity contribution in [1.29, 1.82) is 0 Å². The Balaban J connectivity index is 1.68. The second-order valence-corrected chi connectivity index (χ2v) is 7.60. The second-order valence-electron chi connectivity index (χ2n) is 7.60. The Morgan fingerprint density at radius 1 is 1.08 bits per heavy atom. The van der Waals surface area contributed by atoms with Crippen LogP contribution in [0.3, 0.4) is 0 Å². The van der Waals surface area contributed by atoms with Crippen molar-refractivity contribution in [1.82, 2.24) is 15.3 Å². The number of nitrogen functional groups attached to an aromatic ring is 1. The molecular formula is C20H25N5. The van der Waals surface area contributed by atoms with Crippen LogP contribution in [0.15, 0.2) is 24.3 Å². The Hall–Kier alpha value is -2.14. The number of anilines is 2. The van der Waals surface area contributed by atoms with Gasteiger partial charge in [0.1, 0.15) is 5.82 Å². The molecule has 2 saturated heterocycles. The summed E-state index contributed by atoms with van der Waals surface area (Å²) in [6, 6.07) is 9.83. The normalized spacial score (nSPS) is 25.0. The van der Waals surface area contributed by atoms with Crippen LogP contribution >= 0.6 is 0 Å². The van der Waals surface area contributed by atoms with Crippen molar-refractivity contribution in [3.63, 3.8) is 0 Å². The number of rotatable bonds is 1. The first-order valence-corrected chi connectivity index (χ1v) is 9.54. The molecule has 0 unspecified atom stereocenters. The Labute approximate surface area is 148 Å². The van der Waals surface area contributed by atoms with Crippen molar-refractivity contribution in [3.05, 3.63) is 35.4 Å². The van der Waals surface area contributed by atoms with E-state index in [1.165, 1.54) is 42.4 Å². The quantitative estimate of drug-likeness (QED) is 0.838. The minimum absolute atomic E-state index is 0.401. The highest BCUT2D eigenvalue weighted by molar-refractivity contribution is 5.73. The van der Waals surface area contributed by atoms with E-state index in [1.807, 2.05) is 0 Å². The Morgan fingerprint density at radius 3 is 2.80 bits per heavy atom. The van der Waals surface area contributed by atoms with Gasteiger partial charge in [0, 0.05) is 36.3 Å². The zero-order valence-electron chi connectivity index (χ0n) is 14.5. The Morgan fingerprint density at radius 2 is 1.96 bits per heavy atom. The SMILES string of the molecule is Nc1nc2c(c(N3C[C@@H]4C[C@H]3CN4)n1)CCCCCc1ccccc1-2. The lowest BCUT2D eigenvalue weighted by molar-refractivity contribution is 0.573. The second kappa shape index (κ2) is 5.99. The molecule has 2 aromatic rings. The predicted molar refractivity (Wildman–Crippen MR) is 101 cm³/mol. The summed E-state index contributed by atoms with van der Waals surface area (Å²) in [4.78, 5) is 11.9. The molecule has 0 saturated carbocycles. The van der Waals surface area contributed by atoms with Crippen LogP contribution in [0.4, 0.5) is 11.8 Å². The van der Waals surface area contributed by atoms with Crippen molar-refractivity contribution in [2.45, 2.75) is 50.6 Å². The predicted octanol–water partition coefficient (Wildman–Crippen LogP) is 2.55. The van der Waals surface area contributed by atoms with Crippen molar-refractivity contribution in [3.8, 4) is 11.3 Å². The highest BCUT2D eigenvalue weighted by Crippen LogP contribution is 2.38. The Kier molecular flexibility index (Phi) is 3.63. The molecule has 2 atom stereocenters. The number of hydrogen-bond acceptors (Lipinski definition) is 5. The lowest BCUT2D eigenvalue weighted by Gasteiger charge is -2.31. The van der Waals surface area contributed by atoms with Crippen LogP contribution in [0, 0.1) is 0 Å². The molecule has 0 spiro atoms. The lowest BCUT2D eigenvalue weighted by atomic mass is 9.97. The minimum Gasteiger partial charge on any atom is -0.368 e. The number of aryl methyl sites for hydroxylation is 1. The zero-order chi connectivity index (χ0) is 16.8. The summed E-state index contributed by atoms with van der Waals surface area (Å²) >= 11 is 0. The molecule has 3 aliphatic rings. The topological polar surface area (TPSA) is 67.1 Å². The number of hydrogen-bond donors (Lipinski definition) is 2. The molecule has 2 aliphatic heterocycles. The molecule has 1 aromatic heterocycles. The van der Waals surface area contributed by atoms with Gasteiger partial charge in [-0.2, -0.15) is 4.98 Å². The average molecular weight is 335 g/mol. The fourth-order valence-corrected chi connectivity index (χ4v) is 4.76. The molecule has 5 rings (SSSR count). The van der Waals surface area contributed by atoms with Crippen LogP contribution < -0.4 is 16.0 Å². The summed E-state index contributed by atoms with van der Waals surface area (Å²) < 4.78 is 0. The fourth-order valence-electron chi connectivity index (χ4n) is 4.76. The van der Waals surface area contributed by atoms with E-state index in [4.69, 9.17) is 15.7 Å². The summed E-state index contributed by atoms with van der Waals surface area (Å²) in [5, 5.41) is 3.58. The molecule has 3 heterocycles. The minimum atomic E-state index is 0.401. The van der Waals surface area contributed by atoms with E-state index < -0.39 is 0 Å². The molecule has 1 aromatic carbocycles. The van der Waals surface area contributed by atoms with Gasteiger partial charge in [-0.15, -0.1) is 0 Å². The van der Waals surface area contributed by atoms with Gasteiger partial charge in [0.25, 0.3) is 0 Å². The van der Waals surface area contributed by atoms with Gasteiger partial charge in [-0.3, -0.25) is 0 Å². The lowest BCUT2D eigenvalue weighted by Crippen LogP contribution is -2.44. The van der Waals surface area contributed by atoms with Crippen LogP contribution in [0.2, 0.25) is 0 Å². The summed E-state index contributed by atoms with van der Waals surface area (Å²) in [6.07, 6.45) is 7.07. The molecular weight excluding hydrogens is 310 g/mol. The third-order valence-corrected chi connectivity index (χ3v) is 5.98. The first kappa shape index (κ1) is 15.1. The number of piperazine rings is 1. The number of fused-ring (bicyclic) bond motifs is 5. The summed E-state index contributed by atoms with van der Waals surface area (Å²) in [5.74, 6) is 1.49. The van der Waals surface area contributed by atoms with E-state index in [9.17, 15) is 0 Å². The van der Waals surface area contributed by atoms with E-state index in [0.717, 1.165) is 37.4 Å². The van der Waals surface area contributed by atoms with E-state index in [0.29, 0.717) is 18.0 Å². The van der Waals surface area contributed by atoms with Crippen LogP contribution in [0.25, 0.3) is 11.3 Å². The van der Waals surface area contributed by atoms with Gasteiger partial charge in [-0.1, -0.05) is 30.7 Å². The smallest absolute Gasteiger partial charge is 0.222 e. The van der Waals surface area contributed by atoms with Crippen LogP contribution in [0.5, 0.6) is 0 Å². The van der Waals surface area contributed by atoms with Crippen LogP contribution in [-0.4, -0.2) is 35.1 Å². The molecule has 0 amide bonds. The monoisotopic (exact) mass is 335 g/mol. The van der Waals surface area contributed by atoms with Gasteiger partial charge >= 0.3 is 0 Å². The molecule has 1 aliphatic carbocycles.